The summed E-state index contributed by atoms with van der Waals surface area (Å²) in [5, 5.41) is 0. The van der Waals surface area contributed by atoms with Crippen LogP contribution in [-0.2, 0) is 14.8 Å². The highest BCUT2D eigenvalue weighted by molar-refractivity contribution is 7.89. The molecule has 0 aromatic heterocycles. The first-order chi connectivity index (χ1) is 8.15. The van der Waals surface area contributed by atoms with Gasteiger partial charge in [0.1, 0.15) is 0 Å². The van der Waals surface area contributed by atoms with Gasteiger partial charge in [0.25, 0.3) is 0 Å². The van der Waals surface area contributed by atoms with Gasteiger partial charge in [-0.3, -0.25) is 0 Å². The largest absolute Gasteiger partial charge is 0.378 e. The molecule has 0 spiro atoms. The molecule has 1 heterocycles. The Morgan fingerprint density at radius 2 is 2.06 bits per heavy atom. The van der Waals surface area contributed by atoms with Crippen LogP contribution in [0.3, 0.4) is 0 Å². The molecule has 1 aliphatic heterocycles. The van der Waals surface area contributed by atoms with E-state index in [0.29, 0.717) is 19.8 Å². The number of sulfonamides is 1. The van der Waals surface area contributed by atoms with Crippen molar-refractivity contribution in [3.8, 4) is 0 Å². The summed E-state index contributed by atoms with van der Waals surface area (Å²) in [6.07, 6.45) is 0. The van der Waals surface area contributed by atoms with E-state index in [1.54, 1.807) is 11.2 Å². The Bertz CT molecular complexity index is 458. The average Bonchev–Trinajstić information content (AvgIpc) is 2.40. The van der Waals surface area contributed by atoms with Crippen LogP contribution in [0.25, 0.3) is 0 Å². The van der Waals surface area contributed by atoms with Crippen molar-refractivity contribution in [2.75, 3.05) is 25.5 Å². The van der Waals surface area contributed by atoms with E-state index < -0.39 is 10.0 Å². The van der Waals surface area contributed by atoms with Gasteiger partial charge in [-0.1, -0.05) is 30.3 Å². The van der Waals surface area contributed by atoms with Crippen LogP contribution in [-0.4, -0.2) is 38.2 Å². The van der Waals surface area contributed by atoms with Gasteiger partial charge in [0, 0.05) is 6.54 Å². The van der Waals surface area contributed by atoms with Gasteiger partial charge >= 0.3 is 0 Å². The van der Waals surface area contributed by atoms with Crippen molar-refractivity contribution in [3.63, 3.8) is 0 Å². The second kappa shape index (κ2) is 5.16. The van der Waals surface area contributed by atoms with E-state index in [-0.39, 0.29) is 11.8 Å². The lowest BCUT2D eigenvalue weighted by atomic mass is 10.1. The number of rotatable bonds is 3. The fraction of sp³-hybridized carbons (Fsp3) is 0.500. The highest BCUT2D eigenvalue weighted by Crippen LogP contribution is 2.26. The van der Waals surface area contributed by atoms with Crippen LogP contribution < -0.4 is 0 Å². The first-order valence-electron chi connectivity index (χ1n) is 5.77. The second-order valence-corrected chi connectivity index (χ2v) is 6.22. The molecular formula is C12H17NO3S. The molecule has 1 saturated heterocycles. The summed E-state index contributed by atoms with van der Waals surface area (Å²) >= 11 is 0. The van der Waals surface area contributed by atoms with E-state index in [2.05, 4.69) is 0 Å². The Morgan fingerprint density at radius 3 is 2.71 bits per heavy atom. The summed E-state index contributed by atoms with van der Waals surface area (Å²) in [5.74, 6) is 0.135. The molecule has 1 aromatic carbocycles. The van der Waals surface area contributed by atoms with Crippen molar-refractivity contribution in [1.29, 1.82) is 0 Å². The van der Waals surface area contributed by atoms with Crippen LogP contribution in [0.4, 0.5) is 0 Å². The zero-order valence-electron chi connectivity index (χ0n) is 9.87. The number of hydrogen-bond acceptors (Lipinski definition) is 3. The van der Waals surface area contributed by atoms with Gasteiger partial charge in [-0.2, -0.15) is 4.31 Å². The number of nitrogens with zero attached hydrogens (tertiary/aromatic N) is 1. The van der Waals surface area contributed by atoms with Crippen molar-refractivity contribution < 1.29 is 13.2 Å². The molecule has 0 aliphatic carbocycles. The lowest BCUT2D eigenvalue weighted by molar-refractivity contribution is 0.0321. The number of morpholine rings is 1. The summed E-state index contributed by atoms with van der Waals surface area (Å²) in [5.41, 5.74) is 0.990. The molecule has 0 radical (unpaired) electrons. The van der Waals surface area contributed by atoms with Crippen LogP contribution in [0.2, 0.25) is 0 Å². The first-order valence-corrected chi connectivity index (χ1v) is 7.38. The van der Waals surface area contributed by atoms with Crippen LogP contribution >= 0.6 is 0 Å². The second-order valence-electron chi connectivity index (χ2n) is 4.01. The predicted octanol–water partition coefficient (Wildman–Crippen LogP) is 1.41. The number of benzene rings is 1. The van der Waals surface area contributed by atoms with Crippen LogP contribution in [0.15, 0.2) is 30.3 Å². The van der Waals surface area contributed by atoms with E-state index in [0.717, 1.165) is 5.56 Å². The van der Waals surface area contributed by atoms with Gasteiger partial charge in [-0.05, 0) is 12.5 Å². The van der Waals surface area contributed by atoms with Gasteiger partial charge in [-0.15, -0.1) is 0 Å². The summed E-state index contributed by atoms with van der Waals surface area (Å²) in [6, 6.07) is 9.46. The Kier molecular flexibility index (Phi) is 3.81. The van der Waals surface area contributed by atoms with E-state index in [1.165, 1.54) is 0 Å². The Morgan fingerprint density at radius 1 is 1.35 bits per heavy atom. The summed E-state index contributed by atoms with van der Waals surface area (Å²) < 4.78 is 31.0. The van der Waals surface area contributed by atoms with E-state index in [9.17, 15) is 8.42 Å². The minimum Gasteiger partial charge on any atom is -0.378 e. The summed E-state index contributed by atoms with van der Waals surface area (Å²) in [6.45, 7) is 3.02. The van der Waals surface area contributed by atoms with Gasteiger partial charge < -0.3 is 4.74 Å². The minimum absolute atomic E-state index is 0.135. The van der Waals surface area contributed by atoms with E-state index in [4.69, 9.17) is 4.74 Å². The highest BCUT2D eigenvalue weighted by atomic mass is 32.2. The van der Waals surface area contributed by atoms with Crippen LogP contribution in [0.1, 0.15) is 18.5 Å². The Balaban J connectivity index is 2.31. The fourth-order valence-electron chi connectivity index (χ4n) is 2.02. The number of ether oxygens (including phenoxy) is 1. The molecule has 0 N–H and O–H groups in total. The standard InChI is InChI=1S/C12H17NO3S/c1-2-17(14,15)13-8-9-16-10-12(13)11-6-4-3-5-7-11/h3-7,12H,2,8-10H2,1H3. The van der Waals surface area contributed by atoms with Crippen molar-refractivity contribution >= 4 is 10.0 Å². The van der Waals surface area contributed by atoms with Crippen molar-refractivity contribution in [1.82, 2.24) is 4.31 Å². The highest BCUT2D eigenvalue weighted by Gasteiger charge is 2.32. The van der Waals surface area contributed by atoms with Gasteiger partial charge in [-0.25, -0.2) is 8.42 Å². The maximum absolute atomic E-state index is 12.0. The molecule has 1 unspecified atom stereocenters. The van der Waals surface area contributed by atoms with E-state index >= 15 is 0 Å². The van der Waals surface area contributed by atoms with Gasteiger partial charge in [0.2, 0.25) is 10.0 Å². The topological polar surface area (TPSA) is 46.6 Å². The molecule has 2 rings (SSSR count). The lowest BCUT2D eigenvalue weighted by Crippen LogP contribution is -2.43. The molecule has 0 amide bonds. The Hall–Kier alpha value is -0.910. The monoisotopic (exact) mass is 255 g/mol. The molecule has 1 fully saturated rings. The summed E-state index contributed by atoms with van der Waals surface area (Å²) in [4.78, 5) is 0. The van der Waals surface area contributed by atoms with Gasteiger partial charge in [0.15, 0.2) is 0 Å². The zero-order chi connectivity index (χ0) is 12.3. The molecule has 17 heavy (non-hydrogen) atoms. The van der Waals surface area contributed by atoms with Crippen molar-refractivity contribution in [3.05, 3.63) is 35.9 Å². The third-order valence-electron chi connectivity index (χ3n) is 2.99. The molecule has 0 saturated carbocycles. The maximum atomic E-state index is 12.0. The SMILES string of the molecule is CCS(=O)(=O)N1CCOCC1c1ccccc1. The quantitative estimate of drug-likeness (QED) is 0.820. The molecule has 0 bridgehead atoms. The van der Waals surface area contributed by atoms with Crippen LogP contribution in [0.5, 0.6) is 0 Å². The Labute approximate surface area is 102 Å². The lowest BCUT2D eigenvalue weighted by Gasteiger charge is -2.34. The average molecular weight is 255 g/mol. The first kappa shape index (κ1) is 12.5. The smallest absolute Gasteiger partial charge is 0.214 e. The molecule has 1 atom stereocenters. The van der Waals surface area contributed by atoms with Crippen molar-refractivity contribution in [2.45, 2.75) is 13.0 Å². The maximum Gasteiger partial charge on any atom is 0.214 e. The summed E-state index contributed by atoms with van der Waals surface area (Å²) in [7, 11) is -3.17. The van der Waals surface area contributed by atoms with Gasteiger partial charge in [0.05, 0.1) is 25.0 Å². The zero-order valence-corrected chi connectivity index (χ0v) is 10.7. The fourth-order valence-corrected chi connectivity index (χ4v) is 3.28. The number of hydrogen-bond donors (Lipinski definition) is 0. The molecule has 94 valence electrons. The van der Waals surface area contributed by atoms with Crippen molar-refractivity contribution in [2.24, 2.45) is 0 Å². The van der Waals surface area contributed by atoms with E-state index in [1.807, 2.05) is 30.3 Å². The predicted molar refractivity (Wildman–Crippen MR) is 66.2 cm³/mol. The normalized spacial score (nSPS) is 22.5. The molecule has 1 aromatic rings. The minimum atomic E-state index is -3.17. The molecule has 1 aliphatic rings. The third kappa shape index (κ3) is 2.68. The molecule has 5 heteroatoms. The molecule has 4 nitrogen and oxygen atoms in total. The molecular weight excluding hydrogens is 238 g/mol. The third-order valence-corrected chi connectivity index (χ3v) is 4.87. The van der Waals surface area contributed by atoms with Crippen LogP contribution in [0, 0.1) is 0 Å².